The summed E-state index contributed by atoms with van der Waals surface area (Å²) in [4.78, 5) is 0. The third-order valence-corrected chi connectivity index (χ3v) is 5.15. The first-order valence-corrected chi connectivity index (χ1v) is 14.8. The van der Waals surface area contributed by atoms with Gasteiger partial charge in [0.15, 0.2) is 8.32 Å². The van der Waals surface area contributed by atoms with Gasteiger partial charge in [0.1, 0.15) is 0 Å². The van der Waals surface area contributed by atoms with E-state index in [-0.39, 0.29) is 24.8 Å². The van der Waals surface area contributed by atoms with Crippen LogP contribution in [-0.2, 0) is 33.4 Å². The van der Waals surface area contributed by atoms with Crippen molar-refractivity contribution in [2.75, 3.05) is 13.2 Å². The Morgan fingerprint density at radius 3 is 1.94 bits per heavy atom. The SMILES string of the molecule is C[CH]=[Zr+2].C[Si](C)(C)OCCOC1=CC[C-]=C1.[Cl-].[Cl-].c1ccc2c(c1)[cH-]c1ccccc12. The number of ether oxygens (including phenoxy) is 1. The summed E-state index contributed by atoms with van der Waals surface area (Å²) >= 11 is 1.51. The van der Waals surface area contributed by atoms with Gasteiger partial charge in [-0.3, -0.25) is 6.08 Å². The van der Waals surface area contributed by atoms with Crippen LogP contribution in [0.5, 0.6) is 0 Å². The van der Waals surface area contributed by atoms with Gasteiger partial charge in [0.2, 0.25) is 0 Å². The summed E-state index contributed by atoms with van der Waals surface area (Å²) in [5.74, 6) is 0.930. The van der Waals surface area contributed by atoms with Gasteiger partial charge in [-0.25, -0.2) is 0 Å². The van der Waals surface area contributed by atoms with Crippen LogP contribution in [0.25, 0.3) is 21.5 Å². The predicted octanol–water partition coefficient (Wildman–Crippen LogP) is 0.577. The summed E-state index contributed by atoms with van der Waals surface area (Å²) in [5.41, 5.74) is 0. The van der Waals surface area contributed by atoms with Crippen LogP contribution in [-0.4, -0.2) is 25.2 Å². The number of halogens is 2. The van der Waals surface area contributed by atoms with Crippen molar-refractivity contribution >= 4 is 33.6 Å². The van der Waals surface area contributed by atoms with Crippen molar-refractivity contribution in [2.45, 2.75) is 33.0 Å². The van der Waals surface area contributed by atoms with Gasteiger partial charge in [0, 0.05) is 0 Å². The maximum Gasteiger partial charge on any atom is 0.183 e. The van der Waals surface area contributed by atoms with E-state index in [9.17, 15) is 0 Å². The molecule has 0 amide bonds. The van der Waals surface area contributed by atoms with Crippen LogP contribution in [0.3, 0.4) is 0 Å². The summed E-state index contributed by atoms with van der Waals surface area (Å²) in [6, 6.07) is 19.3. The fraction of sp³-hybridized carbons (Fsp3) is 0.280. The Kier molecular flexibility index (Phi) is 15.4. The first kappa shape index (κ1) is 30.1. The minimum absolute atomic E-state index is 0. The van der Waals surface area contributed by atoms with E-state index in [1.54, 1.807) is 0 Å². The van der Waals surface area contributed by atoms with Gasteiger partial charge < -0.3 is 34.0 Å². The van der Waals surface area contributed by atoms with E-state index in [2.05, 4.69) is 84.0 Å². The van der Waals surface area contributed by atoms with Crippen molar-refractivity contribution in [2.24, 2.45) is 0 Å². The van der Waals surface area contributed by atoms with E-state index in [4.69, 9.17) is 9.16 Å². The molecule has 0 radical (unpaired) electrons. The van der Waals surface area contributed by atoms with Crippen molar-refractivity contribution < 1.29 is 58.2 Å². The average molecular weight is 553 g/mol. The number of allylic oxidation sites excluding steroid dienone is 3. The smallest absolute Gasteiger partial charge is 0.183 e. The first-order chi connectivity index (χ1) is 13.9. The summed E-state index contributed by atoms with van der Waals surface area (Å²) in [7, 11) is -1.36. The van der Waals surface area contributed by atoms with Gasteiger partial charge in [-0.15, -0.1) is 52.2 Å². The maximum absolute atomic E-state index is 5.64. The van der Waals surface area contributed by atoms with Crippen molar-refractivity contribution in [3.05, 3.63) is 78.6 Å². The Bertz CT molecular complexity index is 924. The minimum Gasteiger partial charge on any atom is -1.00 e. The molecule has 4 rings (SSSR count). The largest absolute Gasteiger partial charge is 1.00 e. The molecule has 3 aromatic carbocycles. The molecule has 31 heavy (non-hydrogen) atoms. The second-order valence-electron chi connectivity index (χ2n) is 7.58. The summed E-state index contributed by atoms with van der Waals surface area (Å²) in [6.07, 6.45) is 7.84. The Balaban J connectivity index is 0.000000488. The summed E-state index contributed by atoms with van der Waals surface area (Å²) in [5, 5.41) is 5.39. The van der Waals surface area contributed by atoms with Crippen LogP contribution < -0.4 is 24.8 Å². The van der Waals surface area contributed by atoms with Crippen LogP contribution in [0, 0.1) is 6.08 Å². The van der Waals surface area contributed by atoms with Gasteiger partial charge in [-0.05, 0) is 25.4 Å². The van der Waals surface area contributed by atoms with Crippen LogP contribution in [0.15, 0.2) is 72.5 Å². The van der Waals surface area contributed by atoms with E-state index in [1.165, 1.54) is 45.8 Å². The van der Waals surface area contributed by atoms with Crippen molar-refractivity contribution in [1.82, 2.24) is 0 Å². The van der Waals surface area contributed by atoms with Crippen LogP contribution in [0.2, 0.25) is 19.6 Å². The van der Waals surface area contributed by atoms with Crippen LogP contribution in [0.1, 0.15) is 13.3 Å². The number of hydrogen-bond acceptors (Lipinski definition) is 2. The molecule has 6 heteroatoms. The average Bonchev–Trinajstić information content (AvgIpc) is 3.33. The van der Waals surface area contributed by atoms with E-state index in [0.717, 1.165) is 12.2 Å². The first-order valence-electron chi connectivity index (χ1n) is 9.96. The molecule has 0 unspecified atom stereocenters. The molecule has 1 aliphatic carbocycles. The van der Waals surface area contributed by atoms with Gasteiger partial charge in [0.25, 0.3) is 0 Å². The number of fused-ring (bicyclic) bond motifs is 3. The van der Waals surface area contributed by atoms with E-state index in [0.29, 0.717) is 13.2 Å². The van der Waals surface area contributed by atoms with E-state index >= 15 is 0 Å². The molecule has 0 aromatic heterocycles. The standard InChI is InChI=1S/C13H9.C10H17O2Si.C2H4.2ClH.Zr/c1-3-7-12-10(5-1)9-11-6-2-4-8-13(11)12;1-13(2,3)12-9-8-11-10-6-4-5-7-10;1-2;;;/h1-9H;6-7H,4,8-9H2,1-3H3;1H,2H3;2*1H;/q2*-1;;;;+2/p-2. The van der Waals surface area contributed by atoms with Crippen molar-refractivity contribution in [3.8, 4) is 0 Å². The molecule has 3 aromatic rings. The van der Waals surface area contributed by atoms with Crippen LogP contribution >= 0.6 is 0 Å². The molecular weight excluding hydrogens is 522 g/mol. The molecule has 0 saturated carbocycles. The zero-order valence-corrected chi connectivity index (χ0v) is 23.6. The molecule has 0 aliphatic heterocycles. The number of rotatable bonds is 5. The molecule has 0 spiro atoms. The van der Waals surface area contributed by atoms with Gasteiger partial charge in [-0.1, -0.05) is 36.4 Å². The van der Waals surface area contributed by atoms with E-state index < -0.39 is 8.32 Å². The summed E-state index contributed by atoms with van der Waals surface area (Å²) in [6.45, 7) is 9.91. The zero-order valence-electron chi connectivity index (χ0n) is 18.6. The normalized spacial score (nSPS) is 11.9. The molecule has 1 aliphatic rings. The fourth-order valence-corrected chi connectivity index (χ4v) is 3.59. The van der Waals surface area contributed by atoms with Gasteiger partial charge >= 0.3 is 34.9 Å². The molecular formula is C25H30Cl2O2SiZr-2. The Hall–Kier alpha value is -0.900. The maximum atomic E-state index is 5.64. The quantitative estimate of drug-likeness (QED) is 0.262. The Morgan fingerprint density at radius 1 is 0.968 bits per heavy atom. The molecule has 0 fully saturated rings. The molecule has 2 nitrogen and oxygen atoms in total. The molecule has 166 valence electrons. The third kappa shape index (κ3) is 11.0. The Labute approximate surface area is 215 Å². The third-order valence-electron chi connectivity index (χ3n) is 4.08. The molecule has 0 saturated heterocycles. The Morgan fingerprint density at radius 2 is 1.48 bits per heavy atom. The fourth-order valence-electron chi connectivity index (χ4n) is 2.89. The number of benzene rings is 2. The monoisotopic (exact) mass is 550 g/mol. The van der Waals surface area contributed by atoms with Crippen molar-refractivity contribution in [3.63, 3.8) is 0 Å². The van der Waals surface area contributed by atoms with E-state index in [1.807, 2.05) is 19.1 Å². The molecule has 0 heterocycles. The predicted molar refractivity (Wildman–Crippen MR) is 125 cm³/mol. The van der Waals surface area contributed by atoms with Gasteiger partial charge in [0.05, 0.1) is 13.2 Å². The molecule has 0 N–H and O–H groups in total. The summed E-state index contributed by atoms with van der Waals surface area (Å²) < 4.78 is 13.2. The number of hydrogen-bond donors (Lipinski definition) is 0. The second kappa shape index (κ2) is 15.8. The van der Waals surface area contributed by atoms with Crippen molar-refractivity contribution in [1.29, 1.82) is 0 Å². The zero-order chi connectivity index (χ0) is 21.1. The molecule has 0 bridgehead atoms. The minimum atomic E-state index is -1.36. The second-order valence-corrected chi connectivity index (χ2v) is 13.5. The molecule has 0 atom stereocenters. The van der Waals surface area contributed by atoms with Gasteiger partial charge in [-0.2, -0.15) is 6.08 Å². The van der Waals surface area contributed by atoms with Crippen LogP contribution in [0.4, 0.5) is 0 Å². The topological polar surface area (TPSA) is 18.5 Å².